The molecular weight excluding hydrogens is 490 g/mol. The van der Waals surface area contributed by atoms with Gasteiger partial charge in [-0.25, -0.2) is 0 Å². The Balaban J connectivity index is 1.70. The Morgan fingerprint density at radius 1 is 1.08 bits per heavy atom. The molecule has 0 bridgehead atoms. The fourth-order valence-electron chi connectivity index (χ4n) is 5.02. The minimum Gasteiger partial charge on any atom is -0.506 e. The Bertz CT molecular complexity index is 1500. The average molecular weight is 516 g/mol. The van der Waals surface area contributed by atoms with E-state index >= 15 is 0 Å². The smallest absolute Gasteiger partial charge is 0.273 e. The summed E-state index contributed by atoms with van der Waals surface area (Å²) in [6.07, 6.45) is 1.74. The number of ether oxygens (including phenoxy) is 1. The van der Waals surface area contributed by atoms with E-state index < -0.39 is 4.92 Å². The number of non-ortho nitro benzene ring substituents is 1. The Hall–Kier alpha value is -4.44. The number of para-hydroxylation sites is 2. The number of rotatable bonds is 6. The van der Waals surface area contributed by atoms with Crippen molar-refractivity contribution >= 4 is 28.7 Å². The van der Waals surface area contributed by atoms with Gasteiger partial charge in [0.25, 0.3) is 5.69 Å². The highest BCUT2D eigenvalue weighted by Gasteiger charge is 2.43. The first kappa shape index (κ1) is 24.3. The van der Waals surface area contributed by atoms with Crippen LogP contribution in [0.4, 0.5) is 11.4 Å². The topological polar surface area (TPSA) is 106 Å². The van der Waals surface area contributed by atoms with Crippen LogP contribution in [0.5, 0.6) is 11.5 Å². The van der Waals surface area contributed by atoms with Crippen molar-refractivity contribution in [2.75, 3.05) is 12.0 Å². The third-order valence-electron chi connectivity index (χ3n) is 6.64. The van der Waals surface area contributed by atoms with Crippen molar-refractivity contribution in [3.05, 3.63) is 106 Å². The fourth-order valence-corrected chi connectivity index (χ4v) is 5.36. The largest absolute Gasteiger partial charge is 0.506 e. The highest BCUT2D eigenvalue weighted by atomic mass is 32.1. The first-order valence-corrected chi connectivity index (χ1v) is 12.0. The van der Waals surface area contributed by atoms with E-state index in [4.69, 9.17) is 17.0 Å². The first-order chi connectivity index (χ1) is 17.8. The molecule has 0 spiro atoms. The van der Waals surface area contributed by atoms with Gasteiger partial charge in [-0.3, -0.25) is 15.1 Å². The molecule has 0 radical (unpaired) electrons. The molecule has 0 amide bonds. The average Bonchev–Trinajstić information content (AvgIpc) is 3.39. The quantitative estimate of drug-likeness (QED) is 0.203. The number of phenols is 1. The summed E-state index contributed by atoms with van der Waals surface area (Å²) in [5.41, 5.74) is 4.81. The van der Waals surface area contributed by atoms with Gasteiger partial charge in [0.2, 0.25) is 0 Å². The summed E-state index contributed by atoms with van der Waals surface area (Å²) in [6, 6.07) is 18.8. The second-order valence-electron chi connectivity index (χ2n) is 8.76. The summed E-state index contributed by atoms with van der Waals surface area (Å²) in [7, 11) is 1.49. The molecule has 0 saturated carbocycles. The fraction of sp³-hybridized carbons (Fsp3) is 0.185. The molecule has 2 N–H and O–H groups in total. The van der Waals surface area contributed by atoms with Crippen LogP contribution >= 0.6 is 12.2 Å². The molecule has 0 unspecified atom stereocenters. The van der Waals surface area contributed by atoms with E-state index in [-0.39, 0.29) is 23.5 Å². The molecular formula is C27H25N5O4S. The van der Waals surface area contributed by atoms with Crippen LogP contribution in [0.2, 0.25) is 0 Å². The van der Waals surface area contributed by atoms with Crippen molar-refractivity contribution in [2.24, 2.45) is 0 Å². The summed E-state index contributed by atoms with van der Waals surface area (Å²) in [6.45, 7) is 3.96. The van der Waals surface area contributed by atoms with Gasteiger partial charge in [0, 0.05) is 23.7 Å². The van der Waals surface area contributed by atoms with Gasteiger partial charge in [0.15, 0.2) is 5.11 Å². The number of aromatic nitrogens is 2. The molecule has 188 valence electrons. The minimum absolute atomic E-state index is 0.0467. The van der Waals surface area contributed by atoms with Crippen molar-refractivity contribution < 1.29 is 14.8 Å². The number of nitrogens with zero attached hydrogens (tertiary/aromatic N) is 4. The number of hydrogen-bond acceptors (Lipinski definition) is 6. The van der Waals surface area contributed by atoms with Crippen LogP contribution in [0.3, 0.4) is 0 Å². The van der Waals surface area contributed by atoms with Crippen LogP contribution < -0.4 is 15.0 Å². The van der Waals surface area contributed by atoms with Crippen molar-refractivity contribution in [3.8, 4) is 17.2 Å². The molecule has 5 rings (SSSR count). The van der Waals surface area contributed by atoms with Crippen molar-refractivity contribution in [2.45, 2.75) is 25.9 Å². The van der Waals surface area contributed by atoms with Gasteiger partial charge in [0.1, 0.15) is 11.5 Å². The Kier molecular flexibility index (Phi) is 6.26. The number of aryl methyl sites for hydroxylation is 1. The van der Waals surface area contributed by atoms with E-state index in [1.54, 1.807) is 24.4 Å². The van der Waals surface area contributed by atoms with Crippen molar-refractivity contribution in [1.29, 1.82) is 0 Å². The number of pyridine rings is 1. The molecule has 2 aromatic carbocycles. The van der Waals surface area contributed by atoms with E-state index in [9.17, 15) is 15.2 Å². The zero-order chi connectivity index (χ0) is 26.3. The van der Waals surface area contributed by atoms with Crippen molar-refractivity contribution in [3.63, 3.8) is 0 Å². The highest BCUT2D eigenvalue weighted by Crippen LogP contribution is 2.46. The minimum atomic E-state index is -0.445. The number of nitrogens with one attached hydrogen (secondary N) is 1. The van der Waals surface area contributed by atoms with E-state index in [0.29, 0.717) is 22.2 Å². The number of hydrogen-bond donors (Lipinski definition) is 2. The third-order valence-corrected chi connectivity index (χ3v) is 6.96. The molecule has 3 heterocycles. The van der Waals surface area contributed by atoms with Crippen LogP contribution in [-0.4, -0.2) is 31.8 Å². The van der Waals surface area contributed by atoms with Gasteiger partial charge in [-0.2, -0.15) is 0 Å². The van der Waals surface area contributed by atoms with Crippen LogP contribution in [0.25, 0.3) is 5.69 Å². The summed E-state index contributed by atoms with van der Waals surface area (Å²) >= 11 is 5.78. The molecule has 10 heteroatoms. The monoisotopic (exact) mass is 515 g/mol. The number of methoxy groups -OCH3 is 1. The molecule has 1 aliphatic rings. The molecule has 1 saturated heterocycles. The number of anilines is 1. The summed E-state index contributed by atoms with van der Waals surface area (Å²) in [5, 5.41) is 25.9. The first-order valence-electron chi connectivity index (χ1n) is 11.6. The van der Waals surface area contributed by atoms with Gasteiger partial charge in [0.05, 0.1) is 47.3 Å². The van der Waals surface area contributed by atoms with Gasteiger partial charge in [-0.15, -0.1) is 0 Å². The van der Waals surface area contributed by atoms with Gasteiger partial charge >= 0.3 is 0 Å². The Labute approximate surface area is 219 Å². The lowest BCUT2D eigenvalue weighted by Crippen LogP contribution is -2.29. The normalized spacial score (nSPS) is 17.1. The van der Waals surface area contributed by atoms with Crippen LogP contribution in [0.15, 0.2) is 72.9 Å². The van der Waals surface area contributed by atoms with E-state index in [2.05, 4.69) is 16.4 Å². The lowest BCUT2D eigenvalue weighted by molar-refractivity contribution is -0.384. The second-order valence-corrected chi connectivity index (χ2v) is 9.15. The summed E-state index contributed by atoms with van der Waals surface area (Å²) in [5.74, 6) is 0.505. The molecule has 4 aromatic rings. The maximum absolute atomic E-state index is 11.3. The van der Waals surface area contributed by atoms with Gasteiger partial charge in [-0.05, 0) is 68.0 Å². The standard InChI is InChI=1S/C27H25N5O4S/c1-16-14-19(17(2)30(16)22-12-11-18(32(34)35)15-24(22)36-3)26-25(20-8-6-7-13-28-20)29-27(37)31(26)21-9-4-5-10-23(21)33/h4-15,25-26,33H,1-3H3,(H,29,37)/t25-,26+/m1/s1. The summed E-state index contributed by atoms with van der Waals surface area (Å²) < 4.78 is 7.55. The van der Waals surface area contributed by atoms with E-state index in [0.717, 1.165) is 22.6 Å². The van der Waals surface area contributed by atoms with E-state index in [1.807, 2.05) is 53.6 Å². The molecule has 0 aliphatic carbocycles. The van der Waals surface area contributed by atoms with Crippen LogP contribution in [0, 0.1) is 24.0 Å². The summed E-state index contributed by atoms with van der Waals surface area (Å²) in [4.78, 5) is 17.4. The number of aromatic hydroxyl groups is 1. The number of nitro groups is 1. The zero-order valence-corrected chi connectivity index (χ0v) is 21.3. The van der Waals surface area contributed by atoms with Crippen molar-refractivity contribution in [1.82, 2.24) is 14.9 Å². The van der Waals surface area contributed by atoms with Gasteiger partial charge in [-0.1, -0.05) is 18.2 Å². The zero-order valence-electron chi connectivity index (χ0n) is 20.5. The van der Waals surface area contributed by atoms with Crippen LogP contribution in [0.1, 0.15) is 34.7 Å². The molecule has 37 heavy (non-hydrogen) atoms. The predicted octanol–water partition coefficient (Wildman–Crippen LogP) is 5.29. The number of phenolic OH excluding ortho intramolecular Hbond substituents is 1. The lowest BCUT2D eigenvalue weighted by atomic mass is 9.96. The van der Waals surface area contributed by atoms with Crippen LogP contribution in [-0.2, 0) is 0 Å². The second kappa shape index (κ2) is 9.55. The Morgan fingerprint density at radius 2 is 1.84 bits per heavy atom. The maximum atomic E-state index is 11.3. The number of benzene rings is 2. The SMILES string of the molecule is COc1cc([N+](=O)[O-])ccc1-n1c(C)cc([C@H]2[C@@H](c3ccccn3)NC(=S)N2c2ccccc2O)c1C. The Morgan fingerprint density at radius 3 is 2.51 bits per heavy atom. The van der Waals surface area contributed by atoms with E-state index in [1.165, 1.54) is 19.2 Å². The maximum Gasteiger partial charge on any atom is 0.273 e. The molecule has 1 fully saturated rings. The van der Waals surface area contributed by atoms with Gasteiger partial charge < -0.3 is 24.6 Å². The number of nitro benzene ring substituents is 1. The lowest BCUT2D eigenvalue weighted by Gasteiger charge is -2.28. The number of thiocarbonyl (C=S) groups is 1. The molecule has 2 atom stereocenters. The highest BCUT2D eigenvalue weighted by molar-refractivity contribution is 7.80. The predicted molar refractivity (Wildman–Crippen MR) is 144 cm³/mol. The third kappa shape index (κ3) is 4.15. The molecule has 9 nitrogen and oxygen atoms in total. The molecule has 1 aliphatic heterocycles. The molecule has 2 aromatic heterocycles.